The van der Waals surface area contributed by atoms with Gasteiger partial charge in [-0.25, -0.2) is 0 Å². The second kappa shape index (κ2) is 7.86. The van der Waals surface area contributed by atoms with Gasteiger partial charge in [0.05, 0.1) is 11.7 Å². The van der Waals surface area contributed by atoms with Gasteiger partial charge in [-0.05, 0) is 43.3 Å². The summed E-state index contributed by atoms with van der Waals surface area (Å²) in [5.74, 6) is 1.00. The molecule has 1 N–H and O–H groups in total. The molecule has 0 aliphatic rings. The predicted molar refractivity (Wildman–Crippen MR) is 89.1 cm³/mol. The Bertz CT molecular complexity index is 524. The summed E-state index contributed by atoms with van der Waals surface area (Å²) >= 11 is 5.34. The van der Waals surface area contributed by atoms with E-state index in [-0.39, 0.29) is 0 Å². The Balaban J connectivity index is 2.01. The molecule has 0 aliphatic carbocycles. The highest BCUT2D eigenvalue weighted by Crippen LogP contribution is 2.25. The minimum Gasteiger partial charge on any atom is -0.308 e. The summed E-state index contributed by atoms with van der Waals surface area (Å²) in [4.78, 5) is 1.29. The van der Waals surface area contributed by atoms with E-state index in [1.165, 1.54) is 10.6 Å². The number of thioether (sulfide) groups is 1. The van der Waals surface area contributed by atoms with Gasteiger partial charge in [-0.1, -0.05) is 22.9 Å². The van der Waals surface area contributed by atoms with Crippen LogP contribution in [0.25, 0.3) is 0 Å². The molecule has 0 spiro atoms. The number of aryl methyl sites for hydroxylation is 1. The van der Waals surface area contributed by atoms with Crippen molar-refractivity contribution in [2.24, 2.45) is 7.05 Å². The third kappa shape index (κ3) is 4.36. The molecule has 5 heteroatoms. The minimum absolute atomic E-state index is 0.330. The van der Waals surface area contributed by atoms with Gasteiger partial charge in [0.1, 0.15) is 0 Å². The highest BCUT2D eigenvalue weighted by molar-refractivity contribution is 9.10. The standard InChI is InChI=1S/C15H20BrN3S/c1-3-9-17-14(15-8-10-18-19(15)2)11-20-13-6-4-12(16)5-7-13/h4-8,10,14,17H,3,9,11H2,1-2H3. The first-order chi connectivity index (χ1) is 9.70. The van der Waals surface area contributed by atoms with Crippen LogP contribution in [0.1, 0.15) is 25.1 Å². The number of halogens is 1. The molecule has 1 aromatic heterocycles. The zero-order chi connectivity index (χ0) is 14.4. The van der Waals surface area contributed by atoms with Crippen LogP contribution in [0.3, 0.4) is 0 Å². The van der Waals surface area contributed by atoms with E-state index in [9.17, 15) is 0 Å². The van der Waals surface area contributed by atoms with Gasteiger partial charge in [0, 0.05) is 28.4 Å². The third-order valence-corrected chi connectivity index (χ3v) is 4.72. The van der Waals surface area contributed by atoms with Gasteiger partial charge < -0.3 is 5.32 Å². The Morgan fingerprint density at radius 2 is 2.05 bits per heavy atom. The zero-order valence-electron chi connectivity index (χ0n) is 11.8. The summed E-state index contributed by atoms with van der Waals surface area (Å²) in [5, 5.41) is 7.88. The number of benzene rings is 1. The van der Waals surface area contributed by atoms with Crippen LogP contribution in [0.5, 0.6) is 0 Å². The number of nitrogens with zero attached hydrogens (tertiary/aromatic N) is 2. The predicted octanol–water partition coefficient (Wildman–Crippen LogP) is 4.02. The van der Waals surface area contributed by atoms with Crippen LogP contribution in [0.2, 0.25) is 0 Å². The van der Waals surface area contributed by atoms with E-state index in [2.05, 4.69) is 63.6 Å². The molecule has 1 unspecified atom stereocenters. The highest BCUT2D eigenvalue weighted by atomic mass is 79.9. The molecule has 0 saturated carbocycles. The molecule has 20 heavy (non-hydrogen) atoms. The van der Waals surface area contributed by atoms with Gasteiger partial charge in [-0.2, -0.15) is 5.10 Å². The molecule has 0 bridgehead atoms. The summed E-state index contributed by atoms with van der Waals surface area (Å²) in [6.45, 7) is 3.21. The van der Waals surface area contributed by atoms with Crippen molar-refractivity contribution in [1.29, 1.82) is 0 Å². The average molecular weight is 354 g/mol. The van der Waals surface area contributed by atoms with Gasteiger partial charge in [-0.15, -0.1) is 11.8 Å². The van der Waals surface area contributed by atoms with Crippen molar-refractivity contribution in [2.45, 2.75) is 24.3 Å². The van der Waals surface area contributed by atoms with Gasteiger partial charge >= 0.3 is 0 Å². The lowest BCUT2D eigenvalue weighted by molar-refractivity contribution is 0.535. The summed E-state index contributed by atoms with van der Waals surface area (Å²) in [5.41, 5.74) is 1.24. The van der Waals surface area contributed by atoms with Crippen LogP contribution in [0, 0.1) is 0 Å². The molecule has 0 saturated heterocycles. The second-order valence-electron chi connectivity index (χ2n) is 4.65. The summed E-state index contributed by atoms with van der Waals surface area (Å²) < 4.78 is 3.07. The van der Waals surface area contributed by atoms with Crippen LogP contribution in [-0.2, 0) is 7.05 Å². The molecule has 1 atom stereocenters. The zero-order valence-corrected chi connectivity index (χ0v) is 14.2. The lowest BCUT2D eigenvalue weighted by Gasteiger charge is -2.18. The maximum atomic E-state index is 4.27. The van der Waals surface area contributed by atoms with Crippen LogP contribution in [-0.4, -0.2) is 22.1 Å². The number of rotatable bonds is 7. The maximum Gasteiger partial charge on any atom is 0.0587 e. The van der Waals surface area contributed by atoms with Crippen molar-refractivity contribution in [1.82, 2.24) is 15.1 Å². The summed E-state index contributed by atoms with van der Waals surface area (Å²) in [7, 11) is 2.00. The number of aromatic nitrogens is 2. The van der Waals surface area contributed by atoms with E-state index < -0.39 is 0 Å². The molecule has 2 aromatic rings. The van der Waals surface area contributed by atoms with Crippen molar-refractivity contribution < 1.29 is 0 Å². The largest absolute Gasteiger partial charge is 0.308 e. The molecule has 1 heterocycles. The van der Waals surface area contributed by atoms with Crippen molar-refractivity contribution in [3.63, 3.8) is 0 Å². The lowest BCUT2D eigenvalue weighted by Crippen LogP contribution is -2.26. The Labute approximate surface area is 133 Å². The fourth-order valence-electron chi connectivity index (χ4n) is 2.00. The Morgan fingerprint density at radius 3 is 2.65 bits per heavy atom. The van der Waals surface area contributed by atoms with E-state index in [4.69, 9.17) is 0 Å². The van der Waals surface area contributed by atoms with E-state index in [0.29, 0.717) is 6.04 Å². The first-order valence-corrected chi connectivity index (χ1v) is 8.58. The molecule has 3 nitrogen and oxygen atoms in total. The van der Waals surface area contributed by atoms with Crippen LogP contribution in [0.4, 0.5) is 0 Å². The smallest absolute Gasteiger partial charge is 0.0587 e. The van der Waals surface area contributed by atoms with Gasteiger partial charge in [0.15, 0.2) is 0 Å². The normalized spacial score (nSPS) is 12.6. The molecule has 1 aromatic carbocycles. The van der Waals surface area contributed by atoms with Gasteiger partial charge in [0.25, 0.3) is 0 Å². The fraction of sp³-hybridized carbons (Fsp3) is 0.400. The van der Waals surface area contributed by atoms with Crippen LogP contribution in [0.15, 0.2) is 45.9 Å². The van der Waals surface area contributed by atoms with Gasteiger partial charge in [-0.3, -0.25) is 4.68 Å². The highest BCUT2D eigenvalue weighted by Gasteiger charge is 2.14. The quantitative estimate of drug-likeness (QED) is 0.762. The molecular weight excluding hydrogens is 334 g/mol. The van der Waals surface area contributed by atoms with Gasteiger partial charge in [0.2, 0.25) is 0 Å². The molecular formula is C15H20BrN3S. The van der Waals surface area contributed by atoms with E-state index in [1.807, 2.05) is 29.7 Å². The second-order valence-corrected chi connectivity index (χ2v) is 6.66. The van der Waals surface area contributed by atoms with E-state index in [1.54, 1.807) is 0 Å². The number of nitrogens with one attached hydrogen (secondary N) is 1. The lowest BCUT2D eigenvalue weighted by atomic mass is 10.2. The first-order valence-electron chi connectivity index (χ1n) is 6.80. The third-order valence-electron chi connectivity index (χ3n) is 3.09. The topological polar surface area (TPSA) is 29.9 Å². The first kappa shape index (κ1) is 15.6. The molecule has 0 aliphatic heterocycles. The maximum absolute atomic E-state index is 4.27. The molecule has 2 rings (SSSR count). The fourth-order valence-corrected chi connectivity index (χ4v) is 3.24. The van der Waals surface area contributed by atoms with E-state index in [0.717, 1.165) is 23.2 Å². The van der Waals surface area contributed by atoms with Crippen LogP contribution < -0.4 is 5.32 Å². The summed E-state index contributed by atoms with van der Waals surface area (Å²) in [6.07, 6.45) is 3.00. The van der Waals surface area contributed by atoms with Crippen molar-refractivity contribution in [2.75, 3.05) is 12.3 Å². The summed E-state index contributed by atoms with van der Waals surface area (Å²) in [6, 6.07) is 10.9. The minimum atomic E-state index is 0.330. The SMILES string of the molecule is CCCNC(CSc1ccc(Br)cc1)c1ccnn1C. The van der Waals surface area contributed by atoms with Crippen LogP contribution >= 0.6 is 27.7 Å². The molecule has 0 amide bonds. The monoisotopic (exact) mass is 353 g/mol. The number of hydrogen-bond acceptors (Lipinski definition) is 3. The Hall–Kier alpha value is -0.780. The Kier molecular flexibility index (Phi) is 6.13. The van der Waals surface area contributed by atoms with Crippen molar-refractivity contribution in [3.8, 4) is 0 Å². The molecule has 0 fully saturated rings. The molecule has 0 radical (unpaired) electrons. The van der Waals surface area contributed by atoms with Crippen molar-refractivity contribution in [3.05, 3.63) is 46.7 Å². The number of hydrogen-bond donors (Lipinski definition) is 1. The average Bonchev–Trinajstić information content (AvgIpc) is 2.87. The Morgan fingerprint density at radius 1 is 1.30 bits per heavy atom. The van der Waals surface area contributed by atoms with E-state index >= 15 is 0 Å². The molecule has 108 valence electrons. The van der Waals surface area contributed by atoms with Crippen molar-refractivity contribution >= 4 is 27.7 Å².